The molecule has 1 aliphatic carbocycles. The summed E-state index contributed by atoms with van der Waals surface area (Å²) < 4.78 is 51.4. The van der Waals surface area contributed by atoms with E-state index in [0.717, 1.165) is 23.3 Å². The molecule has 1 atom stereocenters. The number of carbonyl (C=O) groups excluding carboxylic acids is 2. The molecule has 0 spiro atoms. The van der Waals surface area contributed by atoms with Crippen molar-refractivity contribution < 1.29 is 24.2 Å². The lowest BCUT2D eigenvalue weighted by Crippen LogP contribution is -2.38. The molecular formula is C20H20FNO3S. The van der Waals surface area contributed by atoms with Crippen molar-refractivity contribution in [2.45, 2.75) is 38.8 Å². The number of ether oxygens (including phenoxy) is 1. The quantitative estimate of drug-likeness (QED) is 0.742. The van der Waals surface area contributed by atoms with Crippen LogP contribution in [0.25, 0.3) is 0 Å². The van der Waals surface area contributed by atoms with E-state index >= 15 is 0 Å². The fourth-order valence-electron chi connectivity index (χ4n) is 3.28. The van der Waals surface area contributed by atoms with Gasteiger partial charge in [0.05, 0.1) is 11.5 Å². The Morgan fingerprint density at radius 1 is 1.35 bits per heavy atom. The van der Waals surface area contributed by atoms with Crippen LogP contribution in [0.3, 0.4) is 0 Å². The number of ketones is 1. The normalized spacial score (nSPS) is 20.4. The van der Waals surface area contributed by atoms with Crippen LogP contribution in [0.5, 0.6) is 5.06 Å². The summed E-state index contributed by atoms with van der Waals surface area (Å²) in [6.07, 6.45) is 2.05. The maximum Gasteiger partial charge on any atom is 0.308 e. The van der Waals surface area contributed by atoms with Crippen molar-refractivity contribution in [1.82, 2.24) is 4.90 Å². The smallest absolute Gasteiger partial charge is 0.308 e. The van der Waals surface area contributed by atoms with Gasteiger partial charge in [-0.3, -0.25) is 14.5 Å². The Kier molecular flexibility index (Phi) is 3.51. The fraction of sp³-hybridized carbons (Fsp3) is 0.400. The van der Waals surface area contributed by atoms with Gasteiger partial charge in [-0.1, -0.05) is 12.1 Å². The lowest BCUT2D eigenvalue weighted by atomic mass is 9.95. The molecule has 2 heterocycles. The summed E-state index contributed by atoms with van der Waals surface area (Å²) in [6, 6.07) is -1.76. The van der Waals surface area contributed by atoms with E-state index in [0.29, 0.717) is 24.6 Å². The largest absolute Gasteiger partial charge is 0.416 e. The first-order valence-electron chi connectivity index (χ1n) is 10.5. The van der Waals surface area contributed by atoms with Crippen LogP contribution in [0.1, 0.15) is 47.3 Å². The van der Waals surface area contributed by atoms with Crippen molar-refractivity contribution >= 4 is 23.1 Å². The van der Waals surface area contributed by atoms with Gasteiger partial charge in [0, 0.05) is 30.8 Å². The molecule has 2 aliphatic rings. The van der Waals surface area contributed by atoms with Crippen molar-refractivity contribution in [3.63, 3.8) is 0 Å². The van der Waals surface area contributed by atoms with Gasteiger partial charge < -0.3 is 4.74 Å². The highest BCUT2D eigenvalue weighted by molar-refractivity contribution is 7.14. The third-order valence-corrected chi connectivity index (χ3v) is 5.73. The zero-order valence-corrected chi connectivity index (χ0v) is 15.0. The fourth-order valence-corrected chi connectivity index (χ4v) is 4.33. The molecule has 2 aromatic rings. The maximum absolute atomic E-state index is 14.1. The minimum Gasteiger partial charge on any atom is -0.416 e. The molecule has 26 heavy (non-hydrogen) atoms. The highest BCUT2D eigenvalue weighted by Crippen LogP contribution is 2.40. The molecule has 1 aromatic heterocycles. The Labute approximate surface area is 161 Å². The molecule has 0 saturated heterocycles. The Balaban J connectivity index is 1.74. The molecule has 1 aromatic carbocycles. The van der Waals surface area contributed by atoms with E-state index in [-0.39, 0.29) is 17.3 Å². The summed E-state index contributed by atoms with van der Waals surface area (Å²) in [5.41, 5.74) is 0.829. The Morgan fingerprint density at radius 3 is 2.73 bits per heavy atom. The highest BCUT2D eigenvalue weighted by atomic mass is 32.1. The van der Waals surface area contributed by atoms with Gasteiger partial charge in [0.1, 0.15) is 5.82 Å². The predicted octanol–water partition coefficient (Wildman–Crippen LogP) is 3.89. The van der Waals surface area contributed by atoms with Gasteiger partial charge in [-0.15, -0.1) is 11.3 Å². The van der Waals surface area contributed by atoms with Crippen LogP contribution >= 0.6 is 11.3 Å². The third kappa shape index (κ3) is 3.57. The van der Waals surface area contributed by atoms with E-state index in [2.05, 4.69) is 0 Å². The number of nitrogens with zero attached hydrogens (tertiary/aromatic N) is 1. The number of hydrogen-bond acceptors (Lipinski definition) is 5. The number of carbonyl (C=O) groups is 2. The van der Waals surface area contributed by atoms with Gasteiger partial charge in [-0.2, -0.15) is 0 Å². The Hall–Kier alpha value is -2.05. The summed E-state index contributed by atoms with van der Waals surface area (Å²) in [6.45, 7) is 2.13. The number of Topliss-reactive ketones (excluding diaryl/α,β-unsaturated/α-hetero) is 1. The van der Waals surface area contributed by atoms with Crippen LogP contribution in [0.4, 0.5) is 4.39 Å². The first-order valence-corrected chi connectivity index (χ1v) is 9.34. The van der Waals surface area contributed by atoms with Crippen LogP contribution in [0.15, 0.2) is 30.2 Å². The van der Waals surface area contributed by atoms with Gasteiger partial charge >= 0.3 is 5.97 Å². The monoisotopic (exact) mass is 377 g/mol. The van der Waals surface area contributed by atoms with Gasteiger partial charge in [-0.25, -0.2) is 4.39 Å². The molecule has 0 N–H and O–H groups in total. The molecular weight excluding hydrogens is 353 g/mol. The summed E-state index contributed by atoms with van der Waals surface area (Å²) in [5.74, 6) is -1.96. The number of thiophene rings is 1. The van der Waals surface area contributed by atoms with Gasteiger partial charge in [-0.05, 0) is 48.5 Å². The number of esters is 1. The molecule has 1 saturated carbocycles. The second-order valence-electron chi connectivity index (χ2n) is 6.63. The zero-order valence-electron chi connectivity index (χ0n) is 18.2. The van der Waals surface area contributed by atoms with Crippen molar-refractivity contribution in [2.24, 2.45) is 5.92 Å². The van der Waals surface area contributed by atoms with E-state index in [1.54, 1.807) is 6.07 Å². The van der Waals surface area contributed by atoms with Crippen molar-refractivity contribution in [3.05, 3.63) is 52.1 Å². The number of fused-ring (bicyclic) bond motifs is 1. The maximum atomic E-state index is 14.1. The second-order valence-corrected chi connectivity index (χ2v) is 7.73. The van der Waals surface area contributed by atoms with Gasteiger partial charge in [0.25, 0.3) is 0 Å². The van der Waals surface area contributed by atoms with Crippen LogP contribution < -0.4 is 4.74 Å². The van der Waals surface area contributed by atoms with Crippen LogP contribution in [0, 0.1) is 11.7 Å². The second kappa shape index (κ2) is 6.93. The van der Waals surface area contributed by atoms with Crippen molar-refractivity contribution in [2.75, 3.05) is 6.54 Å². The highest BCUT2D eigenvalue weighted by Gasteiger charge is 2.39. The molecule has 1 aliphatic heterocycles. The number of hydrogen-bond donors (Lipinski definition) is 0. The number of halogens is 1. The Morgan fingerprint density at radius 2 is 2.08 bits per heavy atom. The molecule has 0 bridgehead atoms. The van der Waals surface area contributed by atoms with E-state index in [4.69, 9.17) is 10.2 Å². The summed E-state index contributed by atoms with van der Waals surface area (Å²) in [4.78, 5) is 27.3. The molecule has 4 rings (SSSR count). The molecule has 6 heteroatoms. The number of benzene rings is 1. The molecule has 136 valence electrons. The van der Waals surface area contributed by atoms with Crippen LogP contribution in [-0.2, 0) is 22.6 Å². The van der Waals surface area contributed by atoms with Crippen molar-refractivity contribution in [3.8, 4) is 5.06 Å². The van der Waals surface area contributed by atoms with Gasteiger partial charge in [0.2, 0.25) is 0 Å². The molecule has 0 amide bonds. The standard InChI is InChI=1S/C20H20FNO3S/c1-12(23)25-18-10-15-11-22(9-8-17(15)26-18)19(20(24)14-2-3-14)13-4-6-16(21)7-5-13/h4-7,10,14,19H,2-3,8-9,11H2,1H3/i4D,5D,6D,7D. The topological polar surface area (TPSA) is 46.6 Å². The van der Waals surface area contributed by atoms with E-state index in [1.807, 2.05) is 4.90 Å². The third-order valence-electron chi connectivity index (χ3n) is 4.62. The summed E-state index contributed by atoms with van der Waals surface area (Å²) >= 11 is 1.38. The lowest BCUT2D eigenvalue weighted by molar-refractivity contribution is -0.131. The Bertz CT molecular complexity index is 1020. The predicted molar refractivity (Wildman–Crippen MR) is 96.6 cm³/mol. The van der Waals surface area contributed by atoms with Crippen LogP contribution in [0.2, 0.25) is 0 Å². The first kappa shape index (κ1) is 13.2. The summed E-state index contributed by atoms with van der Waals surface area (Å²) in [7, 11) is 0. The lowest BCUT2D eigenvalue weighted by Gasteiger charge is -2.34. The molecule has 1 fully saturated rings. The molecule has 0 radical (unpaired) electrons. The van der Waals surface area contributed by atoms with E-state index < -0.39 is 42.0 Å². The van der Waals surface area contributed by atoms with Gasteiger partial charge in [0.15, 0.2) is 10.8 Å². The zero-order chi connectivity index (χ0) is 21.7. The molecule has 1 unspecified atom stereocenters. The molecule has 4 nitrogen and oxygen atoms in total. The van der Waals surface area contributed by atoms with Crippen molar-refractivity contribution in [1.29, 1.82) is 0 Å². The minimum atomic E-state index is -1.21. The average Bonchev–Trinajstić information content (AvgIpc) is 3.47. The van der Waals surface area contributed by atoms with E-state index in [1.165, 1.54) is 18.3 Å². The average molecular weight is 377 g/mol. The first-order chi connectivity index (χ1) is 14.2. The summed E-state index contributed by atoms with van der Waals surface area (Å²) in [5, 5.41) is 0.477. The number of rotatable bonds is 5. The minimum absolute atomic E-state index is 0.0674. The SMILES string of the molecule is [2H]c1c([2H])c(C(C(=O)C2CC2)N2CCc3sc(OC(C)=O)cc3C2)c([2H])c([2H])c1F. The van der Waals surface area contributed by atoms with E-state index in [9.17, 15) is 14.0 Å². The van der Waals surface area contributed by atoms with Crippen LogP contribution in [-0.4, -0.2) is 23.2 Å².